The number of rotatable bonds is 11. The van der Waals surface area contributed by atoms with E-state index in [-0.39, 0.29) is 30.5 Å². The van der Waals surface area contributed by atoms with Crippen LogP contribution in [0.2, 0.25) is 0 Å². The van der Waals surface area contributed by atoms with E-state index in [4.69, 9.17) is 4.74 Å². The Hall–Kier alpha value is -5.19. The van der Waals surface area contributed by atoms with Gasteiger partial charge in [0.25, 0.3) is 0 Å². The van der Waals surface area contributed by atoms with Crippen LogP contribution in [0.15, 0.2) is 91.0 Å². The molecule has 2 atom stereocenters. The molecule has 0 radical (unpaired) electrons. The standard InChI is InChI=1S/C40H38F4N2O5/c41-31-15-17-34(40(42,43)44)30(21-31)24-51-32-16-14-28-18-19-46(36(47)20-25-6-4-5-7-25)38(33(28)22-32)39(50)45-35(23-37(48)49)29-12-10-27(11-13-29)26-8-2-1-3-9-26/h1-3,8-17,21-22,25,35,38H,4-7,18-20,23-24H2,(H,45,50)(H,48,49). The van der Waals surface area contributed by atoms with E-state index in [0.29, 0.717) is 23.6 Å². The number of halogens is 4. The maximum atomic E-state index is 14.3. The lowest BCUT2D eigenvalue weighted by Crippen LogP contribution is -2.48. The van der Waals surface area contributed by atoms with Crippen LogP contribution in [0.1, 0.15) is 78.4 Å². The third-order valence-corrected chi connectivity index (χ3v) is 9.73. The highest BCUT2D eigenvalue weighted by atomic mass is 19.4. The SMILES string of the molecule is O=C(O)CC(NC(=O)C1c2cc(OCc3cc(F)ccc3C(F)(F)F)ccc2CCN1C(=O)CC1CCCC1)c1ccc(-c2ccccc2)cc1. The molecule has 0 aromatic heterocycles. The van der Waals surface area contributed by atoms with Crippen LogP contribution in [0.25, 0.3) is 11.1 Å². The first kappa shape index (κ1) is 35.6. The Labute approximate surface area is 293 Å². The van der Waals surface area contributed by atoms with Gasteiger partial charge in [-0.25, -0.2) is 4.39 Å². The van der Waals surface area contributed by atoms with Crippen molar-refractivity contribution in [3.63, 3.8) is 0 Å². The van der Waals surface area contributed by atoms with Gasteiger partial charge >= 0.3 is 12.1 Å². The van der Waals surface area contributed by atoms with Gasteiger partial charge < -0.3 is 20.1 Å². The highest BCUT2D eigenvalue weighted by Crippen LogP contribution is 2.37. The normalized spacial score (nSPS) is 16.7. The molecule has 0 bridgehead atoms. The number of carboxylic acid groups (broad SMARTS) is 1. The van der Waals surface area contributed by atoms with Gasteiger partial charge in [0, 0.05) is 18.5 Å². The summed E-state index contributed by atoms with van der Waals surface area (Å²) in [4.78, 5) is 41.7. The van der Waals surface area contributed by atoms with E-state index >= 15 is 0 Å². The molecule has 1 saturated carbocycles. The molecule has 266 valence electrons. The van der Waals surface area contributed by atoms with Gasteiger partial charge in [-0.1, -0.05) is 73.5 Å². The van der Waals surface area contributed by atoms with E-state index in [1.54, 1.807) is 24.3 Å². The Morgan fingerprint density at radius 3 is 2.29 bits per heavy atom. The second-order valence-electron chi connectivity index (χ2n) is 13.2. The van der Waals surface area contributed by atoms with Crippen molar-refractivity contribution in [1.29, 1.82) is 0 Å². The van der Waals surface area contributed by atoms with Crippen molar-refractivity contribution >= 4 is 17.8 Å². The Balaban J connectivity index is 1.30. The number of benzene rings is 4. The van der Waals surface area contributed by atoms with Gasteiger partial charge in [-0.15, -0.1) is 0 Å². The second kappa shape index (κ2) is 15.4. The highest BCUT2D eigenvalue weighted by Gasteiger charge is 2.38. The predicted molar refractivity (Wildman–Crippen MR) is 182 cm³/mol. The molecule has 2 unspecified atom stereocenters. The van der Waals surface area contributed by atoms with Crippen LogP contribution in [0.3, 0.4) is 0 Å². The number of hydrogen-bond donors (Lipinski definition) is 2. The van der Waals surface area contributed by atoms with E-state index in [1.807, 2.05) is 42.5 Å². The monoisotopic (exact) mass is 702 g/mol. The summed E-state index contributed by atoms with van der Waals surface area (Å²) in [5.74, 6) is -2.42. The largest absolute Gasteiger partial charge is 0.489 e. The van der Waals surface area contributed by atoms with Crippen LogP contribution in [0.5, 0.6) is 5.75 Å². The average Bonchev–Trinajstić information content (AvgIpc) is 3.62. The first-order chi connectivity index (χ1) is 24.5. The quantitative estimate of drug-likeness (QED) is 0.153. The molecule has 11 heteroatoms. The van der Waals surface area contributed by atoms with Crippen LogP contribution < -0.4 is 10.1 Å². The fourth-order valence-corrected chi connectivity index (χ4v) is 7.15. The van der Waals surface area contributed by atoms with Crippen molar-refractivity contribution < 1.29 is 41.8 Å². The van der Waals surface area contributed by atoms with E-state index < -0.39 is 60.1 Å². The van der Waals surface area contributed by atoms with Gasteiger partial charge in [0.15, 0.2) is 0 Å². The Bertz CT molecular complexity index is 1870. The first-order valence-corrected chi connectivity index (χ1v) is 17.0. The summed E-state index contributed by atoms with van der Waals surface area (Å²) in [6, 6.07) is 21.8. The van der Waals surface area contributed by atoms with Gasteiger partial charge in [-0.2, -0.15) is 13.2 Å². The van der Waals surface area contributed by atoms with Crippen molar-refractivity contribution in [2.24, 2.45) is 5.92 Å². The molecular weight excluding hydrogens is 664 g/mol. The smallest absolute Gasteiger partial charge is 0.416 e. The predicted octanol–water partition coefficient (Wildman–Crippen LogP) is 8.43. The molecule has 51 heavy (non-hydrogen) atoms. The van der Waals surface area contributed by atoms with Crippen molar-refractivity contribution in [1.82, 2.24) is 10.2 Å². The zero-order chi connectivity index (χ0) is 36.1. The van der Waals surface area contributed by atoms with Crippen molar-refractivity contribution in [3.05, 3.63) is 125 Å². The molecule has 1 fully saturated rings. The number of fused-ring (bicyclic) bond motifs is 1. The van der Waals surface area contributed by atoms with E-state index in [9.17, 15) is 37.1 Å². The average molecular weight is 703 g/mol. The summed E-state index contributed by atoms with van der Waals surface area (Å²) < 4.78 is 60.6. The minimum absolute atomic E-state index is 0.132. The van der Waals surface area contributed by atoms with Gasteiger partial charge in [-0.05, 0) is 83.3 Å². The number of aliphatic carboxylic acids is 1. The van der Waals surface area contributed by atoms with Crippen LogP contribution in [0.4, 0.5) is 17.6 Å². The molecule has 2 N–H and O–H groups in total. The van der Waals surface area contributed by atoms with E-state index in [2.05, 4.69) is 5.32 Å². The molecule has 2 amide bonds. The molecule has 4 aromatic carbocycles. The van der Waals surface area contributed by atoms with Crippen LogP contribution >= 0.6 is 0 Å². The minimum Gasteiger partial charge on any atom is -0.489 e. The molecule has 6 rings (SSSR count). The fourth-order valence-electron chi connectivity index (χ4n) is 7.15. The number of nitrogens with one attached hydrogen (secondary N) is 1. The topological polar surface area (TPSA) is 95.9 Å². The number of amides is 2. The van der Waals surface area contributed by atoms with Crippen molar-refractivity contribution in [3.8, 4) is 16.9 Å². The Kier molecular flexibility index (Phi) is 10.7. The molecule has 4 aromatic rings. The Morgan fingerprint density at radius 1 is 0.902 bits per heavy atom. The lowest BCUT2D eigenvalue weighted by atomic mass is 9.90. The molecule has 1 aliphatic heterocycles. The first-order valence-electron chi connectivity index (χ1n) is 17.0. The molecule has 0 spiro atoms. The van der Waals surface area contributed by atoms with Gasteiger partial charge in [0.05, 0.1) is 18.0 Å². The summed E-state index contributed by atoms with van der Waals surface area (Å²) in [5, 5.41) is 12.7. The number of ether oxygens (including phenoxy) is 1. The molecule has 0 saturated heterocycles. The van der Waals surface area contributed by atoms with E-state index in [0.717, 1.165) is 54.5 Å². The zero-order valence-corrected chi connectivity index (χ0v) is 27.8. The van der Waals surface area contributed by atoms with Gasteiger partial charge in [-0.3, -0.25) is 14.4 Å². The highest BCUT2D eigenvalue weighted by molar-refractivity contribution is 5.90. The molecule has 1 heterocycles. The third kappa shape index (κ3) is 8.58. The minimum atomic E-state index is -4.72. The fraction of sp³-hybridized carbons (Fsp3) is 0.325. The maximum absolute atomic E-state index is 14.3. The number of carboxylic acids is 1. The summed E-state index contributed by atoms with van der Waals surface area (Å²) >= 11 is 0. The molecule has 7 nitrogen and oxygen atoms in total. The molecule has 1 aliphatic carbocycles. The van der Waals surface area contributed by atoms with Crippen molar-refractivity contribution in [2.75, 3.05) is 6.54 Å². The summed E-state index contributed by atoms with van der Waals surface area (Å²) in [5.41, 5.74) is 2.22. The summed E-state index contributed by atoms with van der Waals surface area (Å²) in [6.45, 7) is -0.337. The molecular formula is C40H38F4N2O5. The third-order valence-electron chi connectivity index (χ3n) is 9.73. The number of carbonyl (C=O) groups excluding carboxylic acids is 2. The molecule has 2 aliphatic rings. The van der Waals surface area contributed by atoms with Crippen LogP contribution in [0, 0.1) is 11.7 Å². The maximum Gasteiger partial charge on any atom is 0.416 e. The zero-order valence-electron chi connectivity index (χ0n) is 27.8. The lowest BCUT2D eigenvalue weighted by Gasteiger charge is -2.38. The number of carbonyl (C=O) groups is 3. The lowest BCUT2D eigenvalue weighted by molar-refractivity contribution is -0.143. The van der Waals surface area contributed by atoms with Crippen molar-refractivity contribution in [2.45, 2.75) is 69.8 Å². The van der Waals surface area contributed by atoms with Crippen LogP contribution in [-0.4, -0.2) is 34.3 Å². The summed E-state index contributed by atoms with van der Waals surface area (Å²) in [7, 11) is 0. The number of hydrogen-bond acceptors (Lipinski definition) is 4. The van der Waals surface area contributed by atoms with Gasteiger partial charge in [0.1, 0.15) is 24.2 Å². The van der Waals surface area contributed by atoms with Crippen LogP contribution in [-0.2, 0) is 33.6 Å². The summed E-state index contributed by atoms with van der Waals surface area (Å²) in [6.07, 6.45) is -0.523. The number of nitrogens with zero attached hydrogens (tertiary/aromatic N) is 1. The van der Waals surface area contributed by atoms with Gasteiger partial charge in [0.2, 0.25) is 11.8 Å². The Morgan fingerprint density at radius 2 is 1.61 bits per heavy atom. The van der Waals surface area contributed by atoms with E-state index in [1.165, 1.54) is 11.0 Å². The number of alkyl halides is 3. The second-order valence-corrected chi connectivity index (χ2v) is 13.2.